The highest BCUT2D eigenvalue weighted by molar-refractivity contribution is 5.84. The highest BCUT2D eigenvalue weighted by atomic mass is 16.6. The van der Waals surface area contributed by atoms with Gasteiger partial charge in [-0.15, -0.1) is 0 Å². The third-order valence-electron chi connectivity index (χ3n) is 3.10. The van der Waals surface area contributed by atoms with Crippen LogP contribution in [0, 0.1) is 0 Å². The third-order valence-corrected chi connectivity index (χ3v) is 3.10. The van der Waals surface area contributed by atoms with Crippen LogP contribution in [0.2, 0.25) is 0 Å². The number of carbonyl (C=O) groups is 1. The first-order valence-electron chi connectivity index (χ1n) is 7.73. The van der Waals surface area contributed by atoms with Crippen LogP contribution in [0.15, 0.2) is 47.3 Å². The highest BCUT2D eigenvalue weighted by Crippen LogP contribution is 2.13. The molecule has 0 aliphatic carbocycles. The van der Waals surface area contributed by atoms with E-state index in [-0.39, 0.29) is 0 Å². The molecule has 0 atom stereocenters. The molecule has 0 saturated carbocycles. The Bertz CT molecular complexity index is 598. The van der Waals surface area contributed by atoms with Gasteiger partial charge in [-0.1, -0.05) is 12.1 Å². The Hall–Kier alpha value is -2.27. The van der Waals surface area contributed by atoms with Crippen molar-refractivity contribution in [1.29, 1.82) is 0 Å². The van der Waals surface area contributed by atoms with Gasteiger partial charge >= 0.3 is 6.09 Å². The molecule has 1 aromatic carbocycles. The Morgan fingerprint density at radius 3 is 2.48 bits per heavy atom. The standard InChI is InChI=1S/C18H24N2O3/c1-18(2,3)23-17(21)20-16-6-4-14(5-7-16)8-10-19-12-15-9-11-22-13-15/h4-7,9,11,13,19H,8,10,12H2,1-3H3,(H,20,21). The normalized spacial score (nSPS) is 11.3. The third kappa shape index (κ3) is 6.57. The van der Waals surface area contributed by atoms with Crippen LogP contribution in [-0.2, 0) is 17.7 Å². The van der Waals surface area contributed by atoms with Gasteiger partial charge in [-0.05, 0) is 57.5 Å². The zero-order valence-electron chi connectivity index (χ0n) is 13.9. The topological polar surface area (TPSA) is 63.5 Å². The van der Waals surface area contributed by atoms with Crippen LogP contribution in [0.3, 0.4) is 0 Å². The van der Waals surface area contributed by atoms with Crippen molar-refractivity contribution in [2.75, 3.05) is 11.9 Å². The summed E-state index contributed by atoms with van der Waals surface area (Å²) in [4.78, 5) is 11.7. The van der Waals surface area contributed by atoms with E-state index in [0.717, 1.165) is 30.8 Å². The summed E-state index contributed by atoms with van der Waals surface area (Å²) in [7, 11) is 0. The van der Waals surface area contributed by atoms with E-state index < -0.39 is 11.7 Å². The van der Waals surface area contributed by atoms with Crippen LogP contribution >= 0.6 is 0 Å². The van der Waals surface area contributed by atoms with Gasteiger partial charge in [0.05, 0.1) is 12.5 Å². The van der Waals surface area contributed by atoms with E-state index in [2.05, 4.69) is 10.6 Å². The minimum absolute atomic E-state index is 0.438. The van der Waals surface area contributed by atoms with E-state index in [9.17, 15) is 4.79 Å². The molecule has 1 heterocycles. The molecule has 2 rings (SSSR count). The fourth-order valence-electron chi connectivity index (χ4n) is 2.03. The van der Waals surface area contributed by atoms with Crippen molar-refractivity contribution in [1.82, 2.24) is 5.32 Å². The Morgan fingerprint density at radius 2 is 1.87 bits per heavy atom. The maximum Gasteiger partial charge on any atom is 0.412 e. The van der Waals surface area contributed by atoms with Gasteiger partial charge in [0.2, 0.25) is 0 Å². The van der Waals surface area contributed by atoms with Crippen molar-refractivity contribution in [3.63, 3.8) is 0 Å². The van der Waals surface area contributed by atoms with Crippen molar-refractivity contribution < 1.29 is 13.9 Å². The first-order valence-corrected chi connectivity index (χ1v) is 7.73. The molecule has 2 N–H and O–H groups in total. The number of ether oxygens (including phenoxy) is 1. The van der Waals surface area contributed by atoms with Gasteiger partial charge in [0, 0.05) is 17.8 Å². The molecule has 0 unspecified atom stereocenters. The molecule has 0 aliphatic rings. The van der Waals surface area contributed by atoms with Gasteiger partial charge in [-0.25, -0.2) is 4.79 Å². The van der Waals surface area contributed by atoms with Crippen LogP contribution in [0.4, 0.5) is 10.5 Å². The second kappa shape index (κ2) is 7.83. The van der Waals surface area contributed by atoms with Crippen molar-refractivity contribution >= 4 is 11.8 Å². The van der Waals surface area contributed by atoms with Gasteiger partial charge in [0.15, 0.2) is 0 Å². The van der Waals surface area contributed by atoms with Crippen molar-refractivity contribution in [2.45, 2.75) is 39.3 Å². The molecule has 2 aromatic rings. The first-order chi connectivity index (χ1) is 10.9. The summed E-state index contributed by atoms with van der Waals surface area (Å²) in [6, 6.07) is 9.73. The summed E-state index contributed by atoms with van der Waals surface area (Å²) < 4.78 is 10.2. The molecule has 0 spiro atoms. The number of benzene rings is 1. The van der Waals surface area contributed by atoms with Gasteiger partial charge in [0.1, 0.15) is 5.60 Å². The van der Waals surface area contributed by atoms with E-state index in [1.807, 2.05) is 51.1 Å². The summed E-state index contributed by atoms with van der Waals surface area (Å²) in [6.07, 6.45) is 3.90. The zero-order chi connectivity index (χ0) is 16.7. The molecule has 0 saturated heterocycles. The van der Waals surface area contributed by atoms with Gasteiger partial charge < -0.3 is 14.5 Å². The molecular weight excluding hydrogens is 292 g/mol. The largest absolute Gasteiger partial charge is 0.472 e. The van der Waals surface area contributed by atoms with Crippen LogP contribution in [-0.4, -0.2) is 18.2 Å². The molecule has 0 aliphatic heterocycles. The van der Waals surface area contributed by atoms with Gasteiger partial charge in [-0.2, -0.15) is 0 Å². The summed E-state index contributed by atoms with van der Waals surface area (Å²) in [5, 5.41) is 6.08. The number of anilines is 1. The number of nitrogens with one attached hydrogen (secondary N) is 2. The Kier molecular flexibility index (Phi) is 5.82. The fourth-order valence-corrected chi connectivity index (χ4v) is 2.03. The molecule has 5 nitrogen and oxygen atoms in total. The monoisotopic (exact) mass is 316 g/mol. The lowest BCUT2D eigenvalue weighted by Crippen LogP contribution is -2.27. The van der Waals surface area contributed by atoms with E-state index in [4.69, 9.17) is 9.15 Å². The average molecular weight is 316 g/mol. The molecule has 23 heavy (non-hydrogen) atoms. The SMILES string of the molecule is CC(C)(C)OC(=O)Nc1ccc(CCNCc2ccoc2)cc1. The van der Waals surface area contributed by atoms with Crippen LogP contribution in [0.5, 0.6) is 0 Å². The van der Waals surface area contributed by atoms with E-state index in [0.29, 0.717) is 0 Å². The predicted octanol–water partition coefficient (Wildman–Crippen LogP) is 3.96. The summed E-state index contributed by atoms with van der Waals surface area (Å²) in [5.41, 5.74) is 2.58. The molecule has 5 heteroatoms. The smallest absolute Gasteiger partial charge is 0.412 e. The summed E-state index contributed by atoms with van der Waals surface area (Å²) in [5.74, 6) is 0. The van der Waals surface area contributed by atoms with Crippen molar-refractivity contribution in [3.05, 3.63) is 54.0 Å². The first kappa shape index (κ1) is 17.1. The Balaban J connectivity index is 1.72. The molecule has 0 fully saturated rings. The second-order valence-corrected chi connectivity index (χ2v) is 6.38. The quantitative estimate of drug-likeness (QED) is 0.792. The molecule has 0 radical (unpaired) electrons. The average Bonchev–Trinajstić information content (AvgIpc) is 2.96. The summed E-state index contributed by atoms with van der Waals surface area (Å²) in [6.45, 7) is 7.20. The number of furan rings is 1. The van der Waals surface area contributed by atoms with Crippen molar-refractivity contribution in [2.24, 2.45) is 0 Å². The van der Waals surface area contributed by atoms with E-state index >= 15 is 0 Å². The number of carbonyl (C=O) groups excluding carboxylic acids is 1. The molecular formula is C18H24N2O3. The molecule has 1 aromatic heterocycles. The molecule has 0 bridgehead atoms. The molecule has 1 amide bonds. The molecule has 124 valence electrons. The minimum Gasteiger partial charge on any atom is -0.472 e. The maximum atomic E-state index is 11.7. The van der Waals surface area contributed by atoms with E-state index in [1.54, 1.807) is 12.5 Å². The van der Waals surface area contributed by atoms with Crippen LogP contribution in [0.1, 0.15) is 31.9 Å². The van der Waals surface area contributed by atoms with Gasteiger partial charge in [-0.3, -0.25) is 5.32 Å². The highest BCUT2D eigenvalue weighted by Gasteiger charge is 2.15. The van der Waals surface area contributed by atoms with Crippen LogP contribution in [0.25, 0.3) is 0 Å². The van der Waals surface area contributed by atoms with Crippen molar-refractivity contribution in [3.8, 4) is 0 Å². The Labute approximate surface area is 137 Å². The zero-order valence-corrected chi connectivity index (χ0v) is 13.9. The number of hydrogen-bond acceptors (Lipinski definition) is 4. The maximum absolute atomic E-state index is 11.7. The fraction of sp³-hybridized carbons (Fsp3) is 0.389. The number of amides is 1. The summed E-state index contributed by atoms with van der Waals surface area (Å²) >= 11 is 0. The van der Waals surface area contributed by atoms with E-state index in [1.165, 1.54) is 5.56 Å². The predicted molar refractivity (Wildman–Crippen MR) is 90.4 cm³/mol. The second-order valence-electron chi connectivity index (χ2n) is 6.38. The lowest BCUT2D eigenvalue weighted by atomic mass is 10.1. The Morgan fingerprint density at radius 1 is 1.13 bits per heavy atom. The van der Waals surface area contributed by atoms with Gasteiger partial charge in [0.25, 0.3) is 0 Å². The van der Waals surface area contributed by atoms with Crippen LogP contribution < -0.4 is 10.6 Å². The lowest BCUT2D eigenvalue weighted by molar-refractivity contribution is 0.0636. The lowest BCUT2D eigenvalue weighted by Gasteiger charge is -2.19. The number of rotatable bonds is 6. The minimum atomic E-state index is -0.495. The number of hydrogen-bond donors (Lipinski definition) is 2.